The molecule has 0 spiro atoms. The normalized spacial score (nSPS) is 10.8. The van der Waals surface area contributed by atoms with Gasteiger partial charge in [0.15, 0.2) is 0 Å². The van der Waals surface area contributed by atoms with Crippen molar-refractivity contribution in [3.63, 3.8) is 0 Å². The topological polar surface area (TPSA) is 25.8 Å². The van der Waals surface area contributed by atoms with E-state index in [1.54, 1.807) is 12.1 Å². The van der Waals surface area contributed by atoms with E-state index in [4.69, 9.17) is 34.8 Å². The number of hydrogen-bond acceptors (Lipinski definition) is 3. The molecule has 0 N–H and O–H groups in total. The maximum absolute atomic E-state index is 6.18. The van der Waals surface area contributed by atoms with Crippen LogP contribution in [0.3, 0.4) is 0 Å². The molecule has 106 valence electrons. The average molecular weight is 348 g/mol. The Labute approximate surface area is 137 Å². The van der Waals surface area contributed by atoms with Gasteiger partial charge in [-0.1, -0.05) is 53.5 Å². The average Bonchev–Trinajstić information content (AvgIpc) is 2.40. The van der Waals surface area contributed by atoms with Crippen LogP contribution in [0.1, 0.15) is 24.7 Å². The van der Waals surface area contributed by atoms with Crippen LogP contribution in [0.2, 0.25) is 15.2 Å². The molecule has 1 aromatic carbocycles. The second-order valence-corrected chi connectivity index (χ2v) is 6.52. The van der Waals surface area contributed by atoms with Gasteiger partial charge in [0.05, 0.1) is 5.02 Å². The summed E-state index contributed by atoms with van der Waals surface area (Å²) >= 11 is 19.8. The molecule has 2 rings (SSSR count). The third-order valence-electron chi connectivity index (χ3n) is 2.66. The molecule has 1 aromatic heterocycles. The molecule has 1 heterocycles. The second kappa shape index (κ2) is 6.99. The highest BCUT2D eigenvalue weighted by atomic mass is 35.5. The fourth-order valence-electron chi connectivity index (χ4n) is 1.61. The van der Waals surface area contributed by atoms with Gasteiger partial charge >= 0.3 is 0 Å². The molecule has 0 amide bonds. The zero-order valence-corrected chi connectivity index (χ0v) is 14.2. The molecule has 2 aromatic rings. The van der Waals surface area contributed by atoms with E-state index >= 15 is 0 Å². The minimum Gasteiger partial charge on any atom is -0.226 e. The summed E-state index contributed by atoms with van der Waals surface area (Å²) in [6.45, 7) is 3.98. The maximum Gasteiger partial charge on any atom is 0.136 e. The summed E-state index contributed by atoms with van der Waals surface area (Å²) in [4.78, 5) is 9.70. The number of rotatable bonds is 4. The molecule has 20 heavy (non-hydrogen) atoms. The van der Waals surface area contributed by atoms with Crippen molar-refractivity contribution >= 4 is 46.6 Å². The molecule has 0 atom stereocenters. The summed E-state index contributed by atoms with van der Waals surface area (Å²) in [5.74, 6) is 0.753. The van der Waals surface area contributed by atoms with E-state index in [-0.39, 0.29) is 0 Å². The molecule has 0 saturated heterocycles. The Morgan fingerprint density at radius 1 is 1.15 bits per heavy atom. The predicted molar refractivity (Wildman–Crippen MR) is 86.4 cm³/mol. The van der Waals surface area contributed by atoms with Crippen molar-refractivity contribution in [2.75, 3.05) is 0 Å². The van der Waals surface area contributed by atoms with Gasteiger partial charge in [-0.15, -0.1) is 0 Å². The lowest BCUT2D eigenvalue weighted by molar-refractivity contribution is 0.801. The third-order valence-corrected chi connectivity index (χ3v) is 4.85. The molecule has 0 aliphatic heterocycles. The van der Waals surface area contributed by atoms with E-state index in [1.165, 1.54) is 11.8 Å². The Bertz CT molecular complexity index is 632. The lowest BCUT2D eigenvalue weighted by Gasteiger charge is -2.09. The van der Waals surface area contributed by atoms with E-state index in [2.05, 4.69) is 16.9 Å². The monoisotopic (exact) mass is 346 g/mol. The van der Waals surface area contributed by atoms with Crippen molar-refractivity contribution in [2.45, 2.75) is 36.6 Å². The number of aryl methyl sites for hydroxylation is 1. The van der Waals surface area contributed by atoms with Gasteiger partial charge in [-0.2, -0.15) is 0 Å². The van der Waals surface area contributed by atoms with Crippen molar-refractivity contribution in [3.05, 3.63) is 44.8 Å². The Balaban J connectivity index is 2.39. The maximum atomic E-state index is 6.18. The molecule has 0 saturated carbocycles. The summed E-state index contributed by atoms with van der Waals surface area (Å²) < 4.78 is 0. The first-order valence-corrected chi connectivity index (χ1v) is 8.12. The largest absolute Gasteiger partial charge is 0.226 e. The van der Waals surface area contributed by atoms with Crippen LogP contribution in [-0.2, 0) is 6.42 Å². The van der Waals surface area contributed by atoms with Gasteiger partial charge in [0.2, 0.25) is 0 Å². The minimum absolute atomic E-state index is 0.490. The Hall–Kier alpha value is -0.480. The van der Waals surface area contributed by atoms with E-state index in [1.807, 2.05) is 13.0 Å². The molecule has 0 bridgehead atoms. The van der Waals surface area contributed by atoms with Crippen molar-refractivity contribution in [1.82, 2.24) is 9.97 Å². The van der Waals surface area contributed by atoms with Gasteiger partial charge in [-0.3, -0.25) is 0 Å². The molecule has 2 nitrogen and oxygen atoms in total. The number of aromatic nitrogens is 2. The first kappa shape index (κ1) is 15.9. The second-order valence-electron chi connectivity index (χ2n) is 4.29. The first-order valence-electron chi connectivity index (χ1n) is 6.17. The Morgan fingerprint density at radius 3 is 2.60 bits per heavy atom. The van der Waals surface area contributed by atoms with E-state index in [0.29, 0.717) is 15.2 Å². The molecule has 0 fully saturated rings. The minimum atomic E-state index is 0.490. The third kappa shape index (κ3) is 3.79. The van der Waals surface area contributed by atoms with Gasteiger partial charge in [-0.05, 0) is 31.5 Å². The summed E-state index contributed by atoms with van der Waals surface area (Å²) in [5, 5.41) is 2.59. The first-order chi connectivity index (χ1) is 9.51. The van der Waals surface area contributed by atoms with Crippen LogP contribution in [0.5, 0.6) is 0 Å². The zero-order valence-electron chi connectivity index (χ0n) is 11.1. The zero-order chi connectivity index (χ0) is 14.7. The van der Waals surface area contributed by atoms with Gasteiger partial charge in [0.1, 0.15) is 16.0 Å². The molecule has 0 unspecified atom stereocenters. The fourth-order valence-corrected chi connectivity index (χ4v) is 3.28. The molecule has 0 aliphatic carbocycles. The van der Waals surface area contributed by atoms with Crippen LogP contribution in [0.15, 0.2) is 28.1 Å². The number of benzene rings is 1. The standard InChI is InChI=1S/C14H13Cl3N2S/c1-3-4-12-18-13(17)8(2)14(19-12)20-11-7-9(15)5-6-10(11)16/h5-7H,3-4H2,1-2H3. The van der Waals surface area contributed by atoms with E-state index < -0.39 is 0 Å². The van der Waals surface area contributed by atoms with Crippen LogP contribution >= 0.6 is 46.6 Å². The van der Waals surface area contributed by atoms with Crippen molar-refractivity contribution < 1.29 is 0 Å². The van der Waals surface area contributed by atoms with Crippen LogP contribution in [-0.4, -0.2) is 9.97 Å². The quantitative estimate of drug-likeness (QED) is 0.649. The molecule has 6 heteroatoms. The summed E-state index contributed by atoms with van der Waals surface area (Å²) in [6.07, 6.45) is 1.78. The van der Waals surface area contributed by atoms with Gasteiger partial charge in [-0.25, -0.2) is 9.97 Å². The fraction of sp³-hybridized carbons (Fsp3) is 0.286. The van der Waals surface area contributed by atoms with E-state index in [9.17, 15) is 0 Å². The number of nitrogens with zero attached hydrogens (tertiary/aromatic N) is 2. The highest BCUT2D eigenvalue weighted by Crippen LogP contribution is 2.36. The number of hydrogen-bond donors (Lipinski definition) is 0. The van der Waals surface area contributed by atoms with Crippen molar-refractivity contribution in [3.8, 4) is 0 Å². The highest BCUT2D eigenvalue weighted by Gasteiger charge is 2.12. The Morgan fingerprint density at radius 2 is 1.90 bits per heavy atom. The predicted octanol–water partition coefficient (Wildman–Crippen LogP) is 5.85. The summed E-state index contributed by atoms with van der Waals surface area (Å²) in [6, 6.07) is 5.36. The van der Waals surface area contributed by atoms with Crippen LogP contribution in [0, 0.1) is 6.92 Å². The SMILES string of the molecule is CCCc1nc(Cl)c(C)c(Sc2cc(Cl)ccc2Cl)n1. The van der Waals surface area contributed by atoms with Crippen molar-refractivity contribution in [1.29, 1.82) is 0 Å². The molecule has 0 aliphatic rings. The molecular weight excluding hydrogens is 335 g/mol. The smallest absolute Gasteiger partial charge is 0.136 e. The van der Waals surface area contributed by atoms with Gasteiger partial charge in [0, 0.05) is 21.9 Å². The number of halogens is 3. The van der Waals surface area contributed by atoms with Gasteiger partial charge < -0.3 is 0 Å². The highest BCUT2D eigenvalue weighted by molar-refractivity contribution is 7.99. The summed E-state index contributed by atoms with van der Waals surface area (Å²) in [5.41, 5.74) is 0.854. The van der Waals surface area contributed by atoms with E-state index in [0.717, 1.165) is 34.2 Å². The molecular formula is C14H13Cl3N2S. The van der Waals surface area contributed by atoms with Crippen LogP contribution in [0.4, 0.5) is 0 Å². The van der Waals surface area contributed by atoms with Crippen LogP contribution < -0.4 is 0 Å². The van der Waals surface area contributed by atoms with Crippen molar-refractivity contribution in [2.24, 2.45) is 0 Å². The lowest BCUT2D eigenvalue weighted by atomic mass is 10.3. The molecule has 0 radical (unpaired) electrons. The van der Waals surface area contributed by atoms with Crippen LogP contribution in [0.25, 0.3) is 0 Å². The van der Waals surface area contributed by atoms with Gasteiger partial charge in [0.25, 0.3) is 0 Å². The Kier molecular flexibility index (Phi) is 5.56. The lowest BCUT2D eigenvalue weighted by Crippen LogP contribution is -1.99. The summed E-state index contributed by atoms with van der Waals surface area (Å²) in [7, 11) is 0.